The topological polar surface area (TPSA) is 79.3 Å². The van der Waals surface area contributed by atoms with Gasteiger partial charge >= 0.3 is 0 Å². The molecule has 0 radical (unpaired) electrons. The molecule has 0 aromatic carbocycles. The van der Waals surface area contributed by atoms with Crippen LogP contribution in [0.2, 0.25) is 0 Å². The molecule has 0 aliphatic heterocycles. The van der Waals surface area contributed by atoms with Gasteiger partial charge in [0.2, 0.25) is 10.0 Å². The molecule has 2 N–H and O–H groups in total. The van der Waals surface area contributed by atoms with Crippen molar-refractivity contribution in [3.63, 3.8) is 0 Å². The first-order valence-corrected chi connectivity index (χ1v) is 6.27. The number of aliphatic hydroxyl groups is 1. The molecular weight excluding hydrogens is 216 g/mol. The van der Waals surface area contributed by atoms with Crippen LogP contribution in [0.4, 0.5) is 0 Å². The van der Waals surface area contributed by atoms with Crippen LogP contribution in [0.1, 0.15) is 5.69 Å². The molecular formula is C9H14N2O3S. The van der Waals surface area contributed by atoms with Gasteiger partial charge in [-0.1, -0.05) is 6.07 Å². The highest BCUT2D eigenvalue weighted by molar-refractivity contribution is 7.89. The predicted molar refractivity (Wildman–Crippen MR) is 56.8 cm³/mol. The van der Waals surface area contributed by atoms with Gasteiger partial charge in [0.25, 0.3) is 0 Å². The lowest BCUT2D eigenvalue weighted by atomic mass is 10.3. The molecule has 0 saturated heterocycles. The number of nitrogens with zero attached hydrogens (tertiary/aromatic N) is 1. The van der Waals surface area contributed by atoms with E-state index in [0.29, 0.717) is 6.42 Å². The van der Waals surface area contributed by atoms with E-state index in [-0.39, 0.29) is 18.9 Å². The van der Waals surface area contributed by atoms with Gasteiger partial charge in [0.15, 0.2) is 0 Å². The van der Waals surface area contributed by atoms with Crippen molar-refractivity contribution in [2.75, 3.05) is 18.9 Å². The number of nitrogens with one attached hydrogen (secondary N) is 1. The second kappa shape index (κ2) is 5.79. The third-order valence-electron chi connectivity index (χ3n) is 1.79. The minimum atomic E-state index is -3.29. The second-order valence-electron chi connectivity index (χ2n) is 3.01. The van der Waals surface area contributed by atoms with E-state index in [0.717, 1.165) is 5.69 Å². The third kappa shape index (κ3) is 4.87. The summed E-state index contributed by atoms with van der Waals surface area (Å²) in [5, 5.41) is 8.48. The quantitative estimate of drug-likeness (QED) is 0.693. The van der Waals surface area contributed by atoms with Crippen molar-refractivity contribution in [2.45, 2.75) is 6.42 Å². The van der Waals surface area contributed by atoms with Crippen LogP contribution >= 0.6 is 0 Å². The molecule has 5 nitrogen and oxygen atoms in total. The molecule has 15 heavy (non-hydrogen) atoms. The number of hydrogen-bond acceptors (Lipinski definition) is 4. The number of sulfonamides is 1. The SMILES string of the molecule is O=S(=O)(CCc1ccccn1)NCCO. The monoisotopic (exact) mass is 230 g/mol. The molecule has 1 heterocycles. The Hall–Kier alpha value is -0.980. The molecule has 1 aromatic rings. The standard InChI is InChI=1S/C9H14N2O3S/c12-7-6-11-15(13,14)8-4-9-3-1-2-5-10-9/h1-3,5,11-12H,4,6-8H2. The Bertz CT molecular complexity index is 378. The maximum atomic E-state index is 11.3. The van der Waals surface area contributed by atoms with Crippen LogP contribution in [0.3, 0.4) is 0 Å². The van der Waals surface area contributed by atoms with Crippen LogP contribution in [0.15, 0.2) is 24.4 Å². The molecule has 0 unspecified atom stereocenters. The smallest absolute Gasteiger partial charge is 0.212 e. The van der Waals surface area contributed by atoms with Crippen molar-refractivity contribution in [2.24, 2.45) is 0 Å². The molecule has 0 aliphatic rings. The van der Waals surface area contributed by atoms with Crippen molar-refractivity contribution in [3.8, 4) is 0 Å². The van der Waals surface area contributed by atoms with E-state index in [2.05, 4.69) is 9.71 Å². The summed E-state index contributed by atoms with van der Waals surface area (Å²) < 4.78 is 24.9. The fourth-order valence-corrected chi connectivity index (χ4v) is 2.08. The Kier molecular flexibility index (Phi) is 4.67. The maximum Gasteiger partial charge on any atom is 0.212 e. The van der Waals surface area contributed by atoms with Crippen LogP contribution in [0.5, 0.6) is 0 Å². The van der Waals surface area contributed by atoms with Gasteiger partial charge in [-0.05, 0) is 12.1 Å². The number of rotatable bonds is 6. The lowest BCUT2D eigenvalue weighted by Gasteiger charge is -2.04. The van der Waals surface area contributed by atoms with Crippen LogP contribution in [0.25, 0.3) is 0 Å². The molecule has 0 bridgehead atoms. The Morgan fingerprint density at radius 2 is 2.20 bits per heavy atom. The zero-order chi connectivity index (χ0) is 11.1. The lowest BCUT2D eigenvalue weighted by molar-refractivity contribution is 0.301. The lowest BCUT2D eigenvalue weighted by Crippen LogP contribution is -2.29. The fourth-order valence-electron chi connectivity index (χ4n) is 1.06. The summed E-state index contributed by atoms with van der Waals surface area (Å²) in [7, 11) is -3.29. The molecule has 84 valence electrons. The summed E-state index contributed by atoms with van der Waals surface area (Å²) in [6.45, 7) is -0.132. The number of aliphatic hydroxyl groups excluding tert-OH is 1. The molecule has 0 saturated carbocycles. The fraction of sp³-hybridized carbons (Fsp3) is 0.444. The van der Waals surface area contributed by atoms with Crippen LogP contribution < -0.4 is 4.72 Å². The van der Waals surface area contributed by atoms with Crippen LogP contribution in [0, 0.1) is 0 Å². The molecule has 6 heteroatoms. The van der Waals surface area contributed by atoms with Gasteiger partial charge < -0.3 is 5.11 Å². The normalized spacial score (nSPS) is 11.5. The van der Waals surface area contributed by atoms with Gasteiger partial charge in [-0.2, -0.15) is 0 Å². The summed E-state index contributed by atoms with van der Waals surface area (Å²) in [6, 6.07) is 5.37. The number of aromatic nitrogens is 1. The van der Waals surface area contributed by atoms with E-state index < -0.39 is 10.0 Å². The molecule has 0 atom stereocenters. The highest BCUT2D eigenvalue weighted by Gasteiger charge is 2.09. The number of aryl methyl sites for hydroxylation is 1. The van der Waals surface area contributed by atoms with E-state index in [9.17, 15) is 8.42 Å². The van der Waals surface area contributed by atoms with Crippen molar-refractivity contribution >= 4 is 10.0 Å². The Balaban J connectivity index is 2.43. The van der Waals surface area contributed by atoms with Crippen LogP contribution in [-0.4, -0.2) is 37.4 Å². The summed E-state index contributed by atoms with van der Waals surface area (Å²) in [4.78, 5) is 4.02. The van der Waals surface area contributed by atoms with E-state index in [1.807, 2.05) is 6.07 Å². The molecule has 1 aromatic heterocycles. The van der Waals surface area contributed by atoms with Gasteiger partial charge in [-0.15, -0.1) is 0 Å². The first kappa shape index (κ1) is 12.1. The average Bonchev–Trinajstić information content (AvgIpc) is 2.25. The number of hydrogen-bond donors (Lipinski definition) is 2. The number of pyridine rings is 1. The van der Waals surface area contributed by atoms with Gasteiger partial charge in [0.1, 0.15) is 0 Å². The van der Waals surface area contributed by atoms with Crippen molar-refractivity contribution in [1.29, 1.82) is 0 Å². The van der Waals surface area contributed by atoms with Crippen LogP contribution in [-0.2, 0) is 16.4 Å². The van der Waals surface area contributed by atoms with Gasteiger partial charge in [0, 0.05) is 24.9 Å². The minimum absolute atomic E-state index is 0.00991. The van der Waals surface area contributed by atoms with E-state index in [1.165, 1.54) is 0 Å². The molecule has 0 amide bonds. The second-order valence-corrected chi connectivity index (χ2v) is 4.93. The highest BCUT2D eigenvalue weighted by Crippen LogP contribution is 1.97. The third-order valence-corrected chi connectivity index (χ3v) is 3.17. The predicted octanol–water partition coefficient (Wildman–Crippen LogP) is -0.464. The first-order valence-electron chi connectivity index (χ1n) is 4.62. The van der Waals surface area contributed by atoms with E-state index in [1.54, 1.807) is 18.3 Å². The maximum absolute atomic E-state index is 11.3. The first-order chi connectivity index (χ1) is 7.14. The Labute approximate surface area is 89.2 Å². The highest BCUT2D eigenvalue weighted by atomic mass is 32.2. The molecule has 0 spiro atoms. The summed E-state index contributed by atoms with van der Waals surface area (Å²) in [6.07, 6.45) is 2.00. The molecule has 0 fully saturated rings. The Morgan fingerprint density at radius 3 is 2.80 bits per heavy atom. The van der Waals surface area contributed by atoms with Crippen molar-refractivity contribution < 1.29 is 13.5 Å². The summed E-state index contributed by atoms with van der Waals surface area (Å²) >= 11 is 0. The zero-order valence-electron chi connectivity index (χ0n) is 8.26. The van der Waals surface area contributed by atoms with E-state index >= 15 is 0 Å². The largest absolute Gasteiger partial charge is 0.395 e. The average molecular weight is 230 g/mol. The van der Waals surface area contributed by atoms with Gasteiger partial charge in [-0.3, -0.25) is 4.98 Å². The molecule has 1 rings (SSSR count). The Morgan fingerprint density at radius 1 is 1.40 bits per heavy atom. The zero-order valence-corrected chi connectivity index (χ0v) is 9.07. The summed E-state index contributed by atoms with van der Waals surface area (Å²) in [5.74, 6) is -0.00991. The van der Waals surface area contributed by atoms with Crippen molar-refractivity contribution in [1.82, 2.24) is 9.71 Å². The van der Waals surface area contributed by atoms with Gasteiger partial charge in [-0.25, -0.2) is 13.1 Å². The summed E-state index contributed by atoms with van der Waals surface area (Å²) in [5.41, 5.74) is 0.742. The van der Waals surface area contributed by atoms with E-state index in [4.69, 9.17) is 5.11 Å². The minimum Gasteiger partial charge on any atom is -0.395 e. The molecule has 0 aliphatic carbocycles. The van der Waals surface area contributed by atoms with Crippen molar-refractivity contribution in [3.05, 3.63) is 30.1 Å². The van der Waals surface area contributed by atoms with Gasteiger partial charge in [0.05, 0.1) is 12.4 Å².